The van der Waals surface area contributed by atoms with Crippen molar-refractivity contribution in [2.24, 2.45) is 5.92 Å². The van der Waals surface area contributed by atoms with Gasteiger partial charge in [-0.2, -0.15) is 0 Å². The van der Waals surface area contributed by atoms with E-state index in [1.807, 2.05) is 6.08 Å². The molecule has 27 heavy (non-hydrogen) atoms. The first kappa shape index (κ1) is 18.3. The summed E-state index contributed by atoms with van der Waals surface area (Å²) in [5.41, 5.74) is 1.74. The Balaban J connectivity index is 1.65. The summed E-state index contributed by atoms with van der Waals surface area (Å²) in [6, 6.07) is 13.7. The molecule has 2 saturated heterocycles. The van der Waals surface area contributed by atoms with Crippen molar-refractivity contribution in [3.05, 3.63) is 83.9 Å². The molecule has 0 radical (unpaired) electrons. The number of piperidine rings is 1. The van der Waals surface area contributed by atoms with Crippen molar-refractivity contribution in [1.82, 2.24) is 4.90 Å². The number of halogens is 2. The van der Waals surface area contributed by atoms with Gasteiger partial charge in [-0.3, -0.25) is 4.90 Å². The lowest BCUT2D eigenvalue weighted by Crippen LogP contribution is -2.49. The number of hydrogen-bond acceptors (Lipinski definition) is 2. The molecule has 2 aliphatic heterocycles. The quantitative estimate of drug-likeness (QED) is 0.679. The van der Waals surface area contributed by atoms with Crippen LogP contribution in [-0.2, 0) is 4.74 Å². The van der Waals surface area contributed by atoms with Gasteiger partial charge in [0.2, 0.25) is 0 Å². The number of nitrogens with zero attached hydrogens (tertiary/aromatic N) is 1. The molecular weight excluding hydrogens is 344 g/mol. The van der Waals surface area contributed by atoms with Crippen LogP contribution in [0.1, 0.15) is 36.5 Å². The number of rotatable bonds is 5. The van der Waals surface area contributed by atoms with Crippen molar-refractivity contribution in [1.29, 1.82) is 0 Å². The summed E-state index contributed by atoms with van der Waals surface area (Å²) in [5, 5.41) is 0. The molecule has 1 unspecified atom stereocenters. The van der Waals surface area contributed by atoms with Gasteiger partial charge in [0.05, 0.1) is 6.10 Å². The topological polar surface area (TPSA) is 12.5 Å². The van der Waals surface area contributed by atoms with E-state index in [0.717, 1.165) is 24.0 Å². The molecule has 2 aromatic rings. The second-order valence-corrected chi connectivity index (χ2v) is 7.67. The molecule has 2 aliphatic rings. The monoisotopic (exact) mass is 369 g/mol. The fourth-order valence-corrected chi connectivity index (χ4v) is 4.72. The first-order chi connectivity index (χ1) is 13.1. The van der Waals surface area contributed by atoms with E-state index in [4.69, 9.17) is 4.74 Å². The van der Waals surface area contributed by atoms with Crippen LogP contribution < -0.4 is 0 Å². The van der Waals surface area contributed by atoms with Gasteiger partial charge in [0.15, 0.2) is 0 Å². The first-order valence-corrected chi connectivity index (χ1v) is 9.57. The Morgan fingerprint density at radius 2 is 1.56 bits per heavy atom. The molecule has 142 valence electrons. The number of hydrogen-bond donors (Lipinski definition) is 0. The van der Waals surface area contributed by atoms with Crippen LogP contribution in [0, 0.1) is 17.6 Å². The maximum Gasteiger partial charge on any atom is 0.123 e. The summed E-state index contributed by atoms with van der Waals surface area (Å²) in [4.78, 5) is 2.46. The standard InChI is InChI=1S/C23H25F2NO/c1-3-20-21-13-12-19(26(21)2)14-22(20)27-23(15-4-8-17(24)9-5-15)16-6-10-18(25)11-7-16/h3-11,19-23H,1,12-14H2,2H3/t19?,20-,21+,22-/m1/s1. The number of ether oxygens (including phenoxy) is 1. The van der Waals surface area contributed by atoms with Crippen molar-refractivity contribution < 1.29 is 13.5 Å². The van der Waals surface area contributed by atoms with E-state index in [2.05, 4.69) is 18.5 Å². The molecule has 0 spiro atoms. The predicted octanol–water partition coefficient (Wildman–Crippen LogP) is 5.11. The highest BCUT2D eigenvalue weighted by atomic mass is 19.1. The van der Waals surface area contributed by atoms with Gasteiger partial charge in [-0.05, 0) is 61.7 Å². The van der Waals surface area contributed by atoms with Crippen molar-refractivity contribution in [3.8, 4) is 0 Å². The average molecular weight is 369 g/mol. The summed E-state index contributed by atoms with van der Waals surface area (Å²) < 4.78 is 33.5. The summed E-state index contributed by atoms with van der Waals surface area (Å²) in [6.07, 6.45) is 4.98. The van der Waals surface area contributed by atoms with E-state index >= 15 is 0 Å². The molecule has 0 aliphatic carbocycles. The lowest BCUT2D eigenvalue weighted by Gasteiger charge is -2.42. The highest BCUT2D eigenvalue weighted by Crippen LogP contribution is 2.42. The molecule has 4 atom stereocenters. The highest BCUT2D eigenvalue weighted by molar-refractivity contribution is 5.31. The van der Waals surface area contributed by atoms with Gasteiger partial charge in [-0.15, -0.1) is 6.58 Å². The smallest absolute Gasteiger partial charge is 0.123 e. The zero-order valence-corrected chi connectivity index (χ0v) is 15.5. The second kappa shape index (κ2) is 7.53. The van der Waals surface area contributed by atoms with Crippen LogP contribution in [0.5, 0.6) is 0 Å². The lowest BCUT2D eigenvalue weighted by atomic mass is 9.87. The van der Waals surface area contributed by atoms with Gasteiger partial charge in [0.1, 0.15) is 17.7 Å². The van der Waals surface area contributed by atoms with Crippen LogP contribution in [0.25, 0.3) is 0 Å². The molecule has 2 bridgehead atoms. The third kappa shape index (κ3) is 3.56. The van der Waals surface area contributed by atoms with Crippen LogP contribution >= 0.6 is 0 Å². The van der Waals surface area contributed by atoms with E-state index in [1.165, 1.54) is 30.7 Å². The Hall–Kier alpha value is -2.04. The van der Waals surface area contributed by atoms with Gasteiger partial charge >= 0.3 is 0 Å². The zero-order valence-electron chi connectivity index (χ0n) is 15.5. The highest BCUT2D eigenvalue weighted by Gasteiger charge is 2.45. The van der Waals surface area contributed by atoms with E-state index in [1.54, 1.807) is 24.3 Å². The van der Waals surface area contributed by atoms with Crippen molar-refractivity contribution in [2.75, 3.05) is 7.05 Å². The molecule has 2 fully saturated rings. The molecule has 0 saturated carbocycles. The molecule has 0 N–H and O–H groups in total. The minimum absolute atomic E-state index is 0.0382. The SMILES string of the molecule is C=C[C@H]1[C@H](OC(c2ccc(F)cc2)c2ccc(F)cc2)CC2CC[C@@H]1N2C. The van der Waals surface area contributed by atoms with Crippen LogP contribution in [0.4, 0.5) is 8.78 Å². The number of fused-ring (bicyclic) bond motifs is 2. The van der Waals surface area contributed by atoms with Gasteiger partial charge in [0, 0.05) is 18.0 Å². The second-order valence-electron chi connectivity index (χ2n) is 7.67. The maximum atomic E-state index is 13.4. The fraction of sp³-hybridized carbons (Fsp3) is 0.391. The van der Waals surface area contributed by atoms with E-state index < -0.39 is 0 Å². The van der Waals surface area contributed by atoms with Crippen molar-refractivity contribution >= 4 is 0 Å². The third-order valence-electron chi connectivity index (χ3n) is 6.20. The Kier molecular flexibility index (Phi) is 5.11. The van der Waals surface area contributed by atoms with E-state index in [9.17, 15) is 8.78 Å². The molecule has 2 heterocycles. The van der Waals surface area contributed by atoms with Crippen LogP contribution in [0.3, 0.4) is 0 Å². The first-order valence-electron chi connectivity index (χ1n) is 9.57. The molecule has 0 aromatic heterocycles. The molecule has 2 aromatic carbocycles. The average Bonchev–Trinajstić information content (AvgIpc) is 2.92. The van der Waals surface area contributed by atoms with Crippen LogP contribution in [-0.4, -0.2) is 30.1 Å². The Bertz CT molecular complexity index is 744. The molecule has 4 rings (SSSR count). The van der Waals surface area contributed by atoms with Crippen molar-refractivity contribution in [2.45, 2.75) is 43.6 Å². The Morgan fingerprint density at radius 1 is 1.00 bits per heavy atom. The maximum absolute atomic E-state index is 13.4. The zero-order chi connectivity index (χ0) is 19.0. The molecule has 0 amide bonds. The summed E-state index contributed by atoms with van der Waals surface area (Å²) in [7, 11) is 2.19. The van der Waals surface area contributed by atoms with Crippen LogP contribution in [0.15, 0.2) is 61.2 Å². The van der Waals surface area contributed by atoms with E-state index in [-0.39, 0.29) is 29.8 Å². The van der Waals surface area contributed by atoms with Gasteiger partial charge in [-0.1, -0.05) is 30.3 Å². The summed E-state index contributed by atoms with van der Waals surface area (Å²) in [6.45, 7) is 4.06. The third-order valence-corrected chi connectivity index (χ3v) is 6.20. The Morgan fingerprint density at radius 3 is 2.07 bits per heavy atom. The largest absolute Gasteiger partial charge is 0.365 e. The molecule has 4 heteroatoms. The minimum atomic E-state index is -0.360. The van der Waals surface area contributed by atoms with Gasteiger partial charge in [0.25, 0.3) is 0 Å². The van der Waals surface area contributed by atoms with Crippen molar-refractivity contribution in [3.63, 3.8) is 0 Å². The molecular formula is C23H25F2NO. The number of benzene rings is 2. The minimum Gasteiger partial charge on any atom is -0.365 e. The van der Waals surface area contributed by atoms with Gasteiger partial charge in [-0.25, -0.2) is 8.78 Å². The predicted molar refractivity (Wildman–Crippen MR) is 102 cm³/mol. The van der Waals surface area contributed by atoms with Gasteiger partial charge < -0.3 is 4.74 Å². The summed E-state index contributed by atoms with van der Waals surface area (Å²) >= 11 is 0. The molecule has 2 nitrogen and oxygen atoms in total. The van der Waals surface area contributed by atoms with E-state index in [0.29, 0.717) is 12.1 Å². The fourth-order valence-electron chi connectivity index (χ4n) is 4.72. The summed E-state index contributed by atoms with van der Waals surface area (Å²) in [5.74, 6) is -0.312. The lowest BCUT2D eigenvalue weighted by molar-refractivity contribution is -0.0674. The normalized spacial score (nSPS) is 27.9. The van der Waals surface area contributed by atoms with Crippen LogP contribution in [0.2, 0.25) is 0 Å². The Labute approximate surface area is 159 Å².